The summed E-state index contributed by atoms with van der Waals surface area (Å²) in [6, 6.07) is 3.98. The number of hydrogen-bond donors (Lipinski definition) is 1. The van der Waals surface area contributed by atoms with Crippen LogP contribution in [0.2, 0.25) is 0 Å². The second kappa shape index (κ2) is 9.62. The van der Waals surface area contributed by atoms with E-state index in [1.165, 1.54) is 0 Å². The van der Waals surface area contributed by atoms with Crippen molar-refractivity contribution in [3.8, 4) is 5.82 Å². The molecule has 0 spiro atoms. The number of thiazole rings is 1. The van der Waals surface area contributed by atoms with Crippen LogP contribution in [0, 0.1) is 6.92 Å². The van der Waals surface area contributed by atoms with Crippen molar-refractivity contribution in [2.24, 2.45) is 4.99 Å². The molecule has 138 valence electrons. The van der Waals surface area contributed by atoms with Gasteiger partial charge in [0.1, 0.15) is 12.1 Å². The summed E-state index contributed by atoms with van der Waals surface area (Å²) in [4.78, 5) is 19.5. The number of aromatic nitrogens is 4. The monoisotopic (exact) mass is 483 g/mol. The van der Waals surface area contributed by atoms with Crippen molar-refractivity contribution >= 4 is 41.3 Å². The zero-order chi connectivity index (χ0) is 17.6. The largest absolute Gasteiger partial charge is 0.352 e. The average molecular weight is 483 g/mol. The van der Waals surface area contributed by atoms with Crippen molar-refractivity contribution in [3.05, 3.63) is 58.7 Å². The third-order valence-corrected chi connectivity index (χ3v) is 4.51. The van der Waals surface area contributed by atoms with E-state index in [1.807, 2.05) is 36.9 Å². The van der Waals surface area contributed by atoms with Gasteiger partial charge in [-0.3, -0.25) is 9.56 Å². The first-order valence-electron chi connectivity index (χ1n) is 7.92. The highest BCUT2D eigenvalue weighted by atomic mass is 127. The molecule has 0 bridgehead atoms. The van der Waals surface area contributed by atoms with Crippen LogP contribution in [0.25, 0.3) is 5.82 Å². The van der Waals surface area contributed by atoms with Gasteiger partial charge in [-0.05, 0) is 13.0 Å². The molecule has 26 heavy (non-hydrogen) atoms. The van der Waals surface area contributed by atoms with Gasteiger partial charge in [0.05, 0.1) is 17.2 Å². The summed E-state index contributed by atoms with van der Waals surface area (Å²) in [6.45, 7) is 3.35. The molecule has 0 saturated heterocycles. The molecule has 0 aliphatic rings. The SMILES string of the molecule is CN=C(NCc1cccnc1-n1ccnc1)N(C)Cc1csc(C)n1.I. The Bertz CT molecular complexity index is 844. The first-order valence-corrected chi connectivity index (χ1v) is 8.80. The predicted molar refractivity (Wildman–Crippen MR) is 115 cm³/mol. The highest BCUT2D eigenvalue weighted by Crippen LogP contribution is 2.12. The number of hydrogen-bond acceptors (Lipinski definition) is 5. The summed E-state index contributed by atoms with van der Waals surface area (Å²) in [6.07, 6.45) is 7.16. The zero-order valence-corrected chi connectivity index (χ0v) is 18.1. The average Bonchev–Trinajstić information content (AvgIpc) is 3.28. The molecule has 3 aromatic rings. The molecule has 0 aliphatic heterocycles. The van der Waals surface area contributed by atoms with E-state index in [4.69, 9.17) is 0 Å². The van der Waals surface area contributed by atoms with E-state index in [1.54, 1.807) is 37.1 Å². The fraction of sp³-hybridized carbons (Fsp3) is 0.294. The topological polar surface area (TPSA) is 71.2 Å². The standard InChI is InChI=1S/C17H21N7S.HI/c1-13-22-15(11-25-13)10-23(3)17(18-2)21-9-14-5-4-6-20-16(14)24-8-7-19-12-24;/h4-8,11-12H,9-10H2,1-3H3,(H,18,21);1H. The molecule has 0 amide bonds. The van der Waals surface area contributed by atoms with Gasteiger partial charge in [0.15, 0.2) is 5.96 Å². The molecule has 3 rings (SSSR count). The molecule has 7 nitrogen and oxygen atoms in total. The lowest BCUT2D eigenvalue weighted by Crippen LogP contribution is -2.38. The lowest BCUT2D eigenvalue weighted by Gasteiger charge is -2.21. The highest BCUT2D eigenvalue weighted by Gasteiger charge is 2.11. The number of rotatable bonds is 5. The molecule has 0 atom stereocenters. The normalized spacial score (nSPS) is 11.1. The first-order chi connectivity index (χ1) is 12.2. The third kappa shape index (κ3) is 5.01. The van der Waals surface area contributed by atoms with E-state index < -0.39 is 0 Å². The Morgan fingerprint density at radius 3 is 2.88 bits per heavy atom. The second-order valence-electron chi connectivity index (χ2n) is 5.57. The van der Waals surface area contributed by atoms with Crippen LogP contribution < -0.4 is 5.32 Å². The van der Waals surface area contributed by atoms with Gasteiger partial charge in [-0.1, -0.05) is 6.07 Å². The Balaban J connectivity index is 0.00000243. The van der Waals surface area contributed by atoms with Gasteiger partial charge in [0, 0.05) is 50.2 Å². The summed E-state index contributed by atoms with van der Waals surface area (Å²) in [5.41, 5.74) is 2.12. The van der Waals surface area contributed by atoms with Crippen LogP contribution in [0.4, 0.5) is 0 Å². The van der Waals surface area contributed by atoms with E-state index >= 15 is 0 Å². The molecule has 0 saturated carbocycles. The number of guanidine groups is 1. The van der Waals surface area contributed by atoms with Crippen molar-refractivity contribution in [1.29, 1.82) is 0 Å². The van der Waals surface area contributed by atoms with E-state index in [9.17, 15) is 0 Å². The van der Waals surface area contributed by atoms with Gasteiger partial charge in [-0.25, -0.2) is 15.0 Å². The minimum atomic E-state index is 0. The summed E-state index contributed by atoms with van der Waals surface area (Å²) >= 11 is 1.66. The first kappa shape index (κ1) is 20.3. The number of pyridine rings is 1. The summed E-state index contributed by atoms with van der Waals surface area (Å²) < 4.78 is 1.90. The van der Waals surface area contributed by atoms with Crippen LogP contribution in [-0.2, 0) is 13.1 Å². The van der Waals surface area contributed by atoms with Crippen LogP contribution in [0.15, 0.2) is 47.4 Å². The van der Waals surface area contributed by atoms with Crippen LogP contribution in [0.5, 0.6) is 0 Å². The number of halogens is 1. The molecule has 0 fully saturated rings. The molecule has 3 aromatic heterocycles. The Morgan fingerprint density at radius 2 is 2.23 bits per heavy atom. The predicted octanol–water partition coefficient (Wildman–Crippen LogP) is 2.86. The van der Waals surface area contributed by atoms with Crippen molar-refractivity contribution < 1.29 is 0 Å². The number of nitrogens with zero attached hydrogens (tertiary/aromatic N) is 6. The summed E-state index contributed by atoms with van der Waals surface area (Å²) in [5.74, 6) is 1.67. The number of nitrogens with one attached hydrogen (secondary N) is 1. The van der Waals surface area contributed by atoms with Crippen LogP contribution in [0.1, 0.15) is 16.3 Å². The van der Waals surface area contributed by atoms with Crippen LogP contribution in [-0.4, -0.2) is 44.5 Å². The van der Waals surface area contributed by atoms with Crippen LogP contribution in [0.3, 0.4) is 0 Å². The highest BCUT2D eigenvalue weighted by molar-refractivity contribution is 14.0. The van der Waals surface area contributed by atoms with Crippen molar-refractivity contribution in [1.82, 2.24) is 29.7 Å². The minimum absolute atomic E-state index is 0. The summed E-state index contributed by atoms with van der Waals surface area (Å²) in [7, 11) is 3.79. The van der Waals surface area contributed by atoms with Gasteiger partial charge in [-0.15, -0.1) is 35.3 Å². The van der Waals surface area contributed by atoms with Crippen molar-refractivity contribution in [2.45, 2.75) is 20.0 Å². The maximum Gasteiger partial charge on any atom is 0.194 e. The maximum atomic E-state index is 4.51. The van der Waals surface area contributed by atoms with E-state index in [0.29, 0.717) is 13.1 Å². The maximum absolute atomic E-state index is 4.51. The smallest absolute Gasteiger partial charge is 0.194 e. The second-order valence-corrected chi connectivity index (χ2v) is 6.63. The van der Waals surface area contributed by atoms with Gasteiger partial charge >= 0.3 is 0 Å². The molecule has 1 N–H and O–H groups in total. The molecule has 9 heteroatoms. The Hall–Kier alpha value is -2.01. The molecule has 0 aromatic carbocycles. The number of aryl methyl sites for hydroxylation is 1. The quantitative estimate of drug-likeness (QED) is 0.344. The van der Waals surface area contributed by atoms with Gasteiger partial charge in [0.25, 0.3) is 0 Å². The molecule has 0 unspecified atom stereocenters. The fourth-order valence-corrected chi connectivity index (χ4v) is 3.15. The number of imidazole rings is 1. The Kier molecular flexibility index (Phi) is 7.51. The molecule has 3 heterocycles. The minimum Gasteiger partial charge on any atom is -0.352 e. The van der Waals surface area contributed by atoms with Gasteiger partial charge in [0.2, 0.25) is 0 Å². The van der Waals surface area contributed by atoms with Gasteiger partial charge < -0.3 is 10.2 Å². The Labute approximate surface area is 174 Å². The third-order valence-electron chi connectivity index (χ3n) is 3.69. The number of aliphatic imine (C=N–C) groups is 1. The molecule has 0 aliphatic carbocycles. The molecular weight excluding hydrogens is 461 g/mol. The molecule has 0 radical (unpaired) electrons. The zero-order valence-electron chi connectivity index (χ0n) is 15.0. The van der Waals surface area contributed by atoms with Gasteiger partial charge in [-0.2, -0.15) is 0 Å². The van der Waals surface area contributed by atoms with Crippen molar-refractivity contribution in [2.75, 3.05) is 14.1 Å². The lowest BCUT2D eigenvalue weighted by atomic mass is 10.2. The lowest BCUT2D eigenvalue weighted by molar-refractivity contribution is 0.470. The van der Waals surface area contributed by atoms with E-state index in [2.05, 4.69) is 35.5 Å². The molecular formula is C17H22IN7S. The van der Waals surface area contributed by atoms with E-state index in [0.717, 1.165) is 28.0 Å². The van der Waals surface area contributed by atoms with E-state index in [-0.39, 0.29) is 24.0 Å². The summed E-state index contributed by atoms with van der Waals surface area (Å²) in [5, 5.41) is 6.55. The fourth-order valence-electron chi connectivity index (χ4n) is 2.54. The van der Waals surface area contributed by atoms with Crippen molar-refractivity contribution in [3.63, 3.8) is 0 Å². The van der Waals surface area contributed by atoms with Crippen LogP contribution >= 0.6 is 35.3 Å². The Morgan fingerprint density at radius 1 is 1.38 bits per heavy atom.